The molecule has 5 nitrogen and oxygen atoms in total. The van der Waals surface area contributed by atoms with Gasteiger partial charge in [-0.3, -0.25) is 4.72 Å². The third-order valence-electron chi connectivity index (χ3n) is 2.91. The van der Waals surface area contributed by atoms with Crippen LogP contribution in [0.25, 0.3) is 0 Å². The summed E-state index contributed by atoms with van der Waals surface area (Å²) in [6, 6.07) is 5.26. The van der Waals surface area contributed by atoms with E-state index in [4.69, 9.17) is 11.6 Å². The van der Waals surface area contributed by atoms with Crippen molar-refractivity contribution in [1.82, 2.24) is 0 Å². The molecule has 0 unspecified atom stereocenters. The van der Waals surface area contributed by atoms with Crippen molar-refractivity contribution >= 4 is 49.2 Å². The molecule has 2 aromatic carbocycles. The second kappa shape index (κ2) is 7.04. The van der Waals surface area contributed by atoms with Gasteiger partial charge in [-0.2, -0.15) is 0 Å². The van der Waals surface area contributed by atoms with Crippen molar-refractivity contribution in [3.05, 3.63) is 57.0 Å². The lowest BCUT2D eigenvalue weighted by atomic mass is 10.2. The van der Waals surface area contributed by atoms with Gasteiger partial charge in [0.1, 0.15) is 10.7 Å². The van der Waals surface area contributed by atoms with E-state index in [-0.39, 0.29) is 15.1 Å². The molecular weight excluding hydrogens is 432 g/mol. The van der Waals surface area contributed by atoms with Crippen LogP contribution in [0.15, 0.2) is 39.7 Å². The van der Waals surface area contributed by atoms with Crippen LogP contribution in [-0.4, -0.2) is 21.5 Å². The number of nitrogens with one attached hydrogen (secondary N) is 1. The maximum atomic E-state index is 14.1. The zero-order valence-corrected chi connectivity index (χ0v) is 15.1. The number of hydrogen-bond acceptors (Lipinski definition) is 4. The fourth-order valence-electron chi connectivity index (χ4n) is 1.78. The molecule has 0 aliphatic carbocycles. The second-order valence-electron chi connectivity index (χ2n) is 4.46. The molecule has 24 heavy (non-hydrogen) atoms. The Bertz CT molecular complexity index is 921. The number of methoxy groups -OCH3 is 1. The van der Waals surface area contributed by atoms with Crippen LogP contribution in [-0.2, 0) is 14.8 Å². The fourth-order valence-corrected chi connectivity index (χ4v) is 3.58. The summed E-state index contributed by atoms with van der Waals surface area (Å²) in [7, 11) is -3.43. The Hall–Kier alpha value is -1.71. The van der Waals surface area contributed by atoms with Gasteiger partial charge >= 0.3 is 5.97 Å². The van der Waals surface area contributed by atoms with Gasteiger partial charge in [-0.05, 0) is 40.2 Å². The first-order valence-electron chi connectivity index (χ1n) is 6.21. The van der Waals surface area contributed by atoms with Gasteiger partial charge in [0.15, 0.2) is 5.82 Å². The van der Waals surface area contributed by atoms with E-state index in [1.54, 1.807) is 0 Å². The van der Waals surface area contributed by atoms with Crippen LogP contribution < -0.4 is 4.72 Å². The smallest absolute Gasteiger partial charge is 0.339 e. The highest BCUT2D eigenvalue weighted by Crippen LogP contribution is 2.28. The molecule has 0 aromatic heterocycles. The van der Waals surface area contributed by atoms with Crippen LogP contribution in [0.5, 0.6) is 0 Å². The molecular formula is C14H9BrClF2NO4S. The minimum atomic E-state index is -4.52. The average Bonchev–Trinajstić information content (AvgIpc) is 2.50. The normalized spacial score (nSPS) is 11.2. The van der Waals surface area contributed by atoms with Gasteiger partial charge < -0.3 is 4.74 Å². The molecule has 0 fully saturated rings. The van der Waals surface area contributed by atoms with Gasteiger partial charge in [-0.15, -0.1) is 0 Å². The van der Waals surface area contributed by atoms with E-state index in [0.29, 0.717) is 0 Å². The first kappa shape index (κ1) is 18.6. The monoisotopic (exact) mass is 439 g/mol. The highest BCUT2D eigenvalue weighted by Gasteiger charge is 2.25. The molecule has 0 saturated heterocycles. The Balaban J connectivity index is 2.53. The van der Waals surface area contributed by atoms with Crippen LogP contribution in [0.4, 0.5) is 14.5 Å². The molecule has 0 spiro atoms. The molecule has 0 aliphatic heterocycles. The number of sulfonamides is 1. The van der Waals surface area contributed by atoms with Crippen LogP contribution >= 0.6 is 27.5 Å². The Kier molecular flexibility index (Phi) is 5.46. The summed E-state index contributed by atoms with van der Waals surface area (Å²) in [5.41, 5.74) is -0.657. The van der Waals surface area contributed by atoms with E-state index >= 15 is 0 Å². The molecule has 0 bridgehead atoms. The van der Waals surface area contributed by atoms with Crippen LogP contribution in [0.3, 0.4) is 0 Å². The molecule has 10 heteroatoms. The van der Waals surface area contributed by atoms with Gasteiger partial charge in [0.25, 0.3) is 10.0 Å². The molecule has 0 saturated carbocycles. The quantitative estimate of drug-likeness (QED) is 0.730. The summed E-state index contributed by atoms with van der Waals surface area (Å²) >= 11 is 8.52. The SMILES string of the molecule is COC(=O)c1cc(S(=O)(=O)Nc2cccc(Cl)c2F)c(F)cc1Br. The van der Waals surface area contributed by atoms with Crippen molar-refractivity contribution in [3.8, 4) is 0 Å². The van der Waals surface area contributed by atoms with E-state index in [1.165, 1.54) is 12.1 Å². The highest BCUT2D eigenvalue weighted by molar-refractivity contribution is 9.10. The first-order valence-corrected chi connectivity index (χ1v) is 8.87. The molecule has 128 valence electrons. The number of carbonyl (C=O) groups excluding carboxylic acids is 1. The summed E-state index contributed by atoms with van der Waals surface area (Å²) in [6.07, 6.45) is 0. The second-order valence-corrected chi connectivity index (χ2v) is 7.37. The maximum Gasteiger partial charge on any atom is 0.339 e. The number of benzene rings is 2. The lowest BCUT2D eigenvalue weighted by Crippen LogP contribution is -2.17. The molecule has 0 atom stereocenters. The van der Waals surface area contributed by atoms with Gasteiger partial charge in [-0.25, -0.2) is 22.0 Å². The van der Waals surface area contributed by atoms with Crippen molar-refractivity contribution in [2.75, 3.05) is 11.8 Å². The van der Waals surface area contributed by atoms with E-state index in [9.17, 15) is 22.0 Å². The predicted molar refractivity (Wildman–Crippen MR) is 87.7 cm³/mol. The lowest BCUT2D eigenvalue weighted by Gasteiger charge is -2.12. The Morgan fingerprint density at radius 2 is 1.96 bits per heavy atom. The standard InChI is InChI=1S/C14H9BrClF2NO4S/c1-23-14(20)7-5-12(10(17)6-8(7)15)24(21,22)19-11-4-2-3-9(16)13(11)18/h2-6,19H,1H3. The number of ether oxygens (including phenoxy) is 1. The molecule has 0 radical (unpaired) electrons. The van der Waals surface area contributed by atoms with Gasteiger partial charge in [0.2, 0.25) is 0 Å². The van der Waals surface area contributed by atoms with Gasteiger partial charge in [0.05, 0.1) is 23.4 Å². The van der Waals surface area contributed by atoms with Crippen molar-refractivity contribution in [2.24, 2.45) is 0 Å². The van der Waals surface area contributed by atoms with Crippen molar-refractivity contribution in [1.29, 1.82) is 0 Å². The minimum Gasteiger partial charge on any atom is -0.465 e. The van der Waals surface area contributed by atoms with E-state index in [2.05, 4.69) is 20.7 Å². The zero-order valence-electron chi connectivity index (χ0n) is 11.9. The lowest BCUT2D eigenvalue weighted by molar-refractivity contribution is 0.0599. The van der Waals surface area contributed by atoms with Crippen LogP contribution in [0, 0.1) is 11.6 Å². The van der Waals surface area contributed by atoms with E-state index in [0.717, 1.165) is 25.3 Å². The molecule has 0 aliphatic rings. The molecule has 2 rings (SSSR count). The number of rotatable bonds is 4. The average molecular weight is 441 g/mol. The third-order valence-corrected chi connectivity index (χ3v) is 5.24. The Morgan fingerprint density at radius 1 is 1.29 bits per heavy atom. The molecule has 1 N–H and O–H groups in total. The van der Waals surface area contributed by atoms with Crippen molar-refractivity contribution < 1.29 is 26.7 Å². The number of esters is 1. The summed E-state index contributed by atoms with van der Waals surface area (Å²) in [5.74, 6) is -3.01. The summed E-state index contributed by atoms with van der Waals surface area (Å²) in [5, 5.41) is -0.304. The Morgan fingerprint density at radius 3 is 2.58 bits per heavy atom. The van der Waals surface area contributed by atoms with Crippen LogP contribution in [0.2, 0.25) is 5.02 Å². The zero-order chi connectivity index (χ0) is 18.1. The summed E-state index contributed by atoms with van der Waals surface area (Å²) < 4.78 is 59.0. The van der Waals surface area contributed by atoms with Gasteiger partial charge in [0, 0.05) is 4.47 Å². The summed E-state index contributed by atoms with van der Waals surface area (Å²) in [6.45, 7) is 0. The number of hydrogen-bond donors (Lipinski definition) is 1. The van der Waals surface area contributed by atoms with Gasteiger partial charge in [-0.1, -0.05) is 17.7 Å². The number of halogens is 4. The van der Waals surface area contributed by atoms with E-state index in [1.807, 2.05) is 4.72 Å². The highest BCUT2D eigenvalue weighted by atomic mass is 79.9. The third kappa shape index (κ3) is 3.68. The van der Waals surface area contributed by atoms with Crippen molar-refractivity contribution in [2.45, 2.75) is 4.90 Å². The Labute approximate surface area is 149 Å². The van der Waals surface area contributed by atoms with Crippen LogP contribution in [0.1, 0.15) is 10.4 Å². The molecule has 0 heterocycles. The minimum absolute atomic E-state index is 0.0136. The predicted octanol–water partition coefficient (Wildman–Crippen LogP) is 3.97. The first-order chi connectivity index (χ1) is 11.2. The number of anilines is 1. The molecule has 2 aromatic rings. The topological polar surface area (TPSA) is 72.5 Å². The number of carbonyl (C=O) groups is 1. The summed E-state index contributed by atoms with van der Waals surface area (Å²) in [4.78, 5) is 10.8. The molecule has 0 amide bonds. The maximum absolute atomic E-state index is 14.1. The van der Waals surface area contributed by atoms with E-state index < -0.39 is 38.2 Å². The van der Waals surface area contributed by atoms with Crippen molar-refractivity contribution in [3.63, 3.8) is 0 Å². The largest absolute Gasteiger partial charge is 0.465 e. The fraction of sp³-hybridized carbons (Fsp3) is 0.0714.